The van der Waals surface area contributed by atoms with Crippen molar-refractivity contribution in [1.82, 2.24) is 10.2 Å². The van der Waals surface area contributed by atoms with Crippen LogP contribution in [0, 0.1) is 0 Å². The van der Waals surface area contributed by atoms with Crippen LogP contribution in [0.15, 0.2) is 41.0 Å². The van der Waals surface area contributed by atoms with E-state index in [4.69, 9.17) is 27.6 Å². The second-order valence-corrected chi connectivity index (χ2v) is 8.46. The largest absolute Gasteiger partial charge is 0.459 e. The van der Waals surface area contributed by atoms with Gasteiger partial charge in [0.1, 0.15) is 6.04 Å². The predicted octanol–water partition coefficient (Wildman–Crippen LogP) is 3.87. The third-order valence-electron chi connectivity index (χ3n) is 5.54. The molecule has 2 aliphatic rings. The molecule has 30 heavy (non-hydrogen) atoms. The first-order chi connectivity index (χ1) is 14.4. The Morgan fingerprint density at radius 2 is 1.90 bits per heavy atom. The highest BCUT2D eigenvalue weighted by molar-refractivity contribution is 6.35. The van der Waals surface area contributed by atoms with E-state index in [1.54, 1.807) is 30.3 Å². The van der Waals surface area contributed by atoms with Gasteiger partial charge < -0.3 is 20.0 Å². The highest BCUT2D eigenvalue weighted by atomic mass is 35.5. The molecular formula is C21H21Cl2N3O4. The number of rotatable bonds is 4. The minimum atomic E-state index is -0.934. The number of amides is 3. The molecule has 3 amide bonds. The SMILES string of the molecule is O=C(C[C@@H]1C(=O)N[C@@H]2CCCC[C@H]2N1C(=O)c1ccco1)Nc1cc(Cl)cc(Cl)c1. The minimum absolute atomic E-state index is 0.115. The van der Waals surface area contributed by atoms with Crippen molar-refractivity contribution in [3.8, 4) is 0 Å². The summed E-state index contributed by atoms with van der Waals surface area (Å²) < 4.78 is 5.29. The molecule has 2 heterocycles. The topological polar surface area (TPSA) is 91.7 Å². The Balaban J connectivity index is 1.57. The highest BCUT2D eigenvalue weighted by Gasteiger charge is 2.46. The molecule has 0 bridgehead atoms. The number of nitrogens with one attached hydrogen (secondary N) is 2. The van der Waals surface area contributed by atoms with E-state index >= 15 is 0 Å². The Labute approximate surface area is 183 Å². The Morgan fingerprint density at radius 1 is 1.17 bits per heavy atom. The molecule has 2 N–H and O–H groups in total. The van der Waals surface area contributed by atoms with E-state index in [9.17, 15) is 14.4 Å². The lowest BCUT2D eigenvalue weighted by atomic mass is 9.85. The zero-order chi connectivity index (χ0) is 21.3. The fourth-order valence-corrected chi connectivity index (χ4v) is 4.80. The molecule has 1 aromatic carbocycles. The second kappa shape index (κ2) is 8.70. The summed E-state index contributed by atoms with van der Waals surface area (Å²) in [6.45, 7) is 0. The molecule has 1 aromatic heterocycles. The van der Waals surface area contributed by atoms with Crippen LogP contribution in [-0.2, 0) is 9.59 Å². The number of carbonyl (C=O) groups excluding carboxylic acids is 3. The molecule has 2 fully saturated rings. The van der Waals surface area contributed by atoms with Gasteiger partial charge in [0.05, 0.1) is 18.7 Å². The van der Waals surface area contributed by atoms with Crippen LogP contribution < -0.4 is 10.6 Å². The summed E-state index contributed by atoms with van der Waals surface area (Å²) in [6, 6.07) is 6.66. The van der Waals surface area contributed by atoms with Gasteiger partial charge in [-0.05, 0) is 43.2 Å². The van der Waals surface area contributed by atoms with Gasteiger partial charge in [-0.3, -0.25) is 14.4 Å². The number of fused-ring (bicyclic) bond motifs is 1. The molecule has 4 rings (SSSR count). The van der Waals surface area contributed by atoms with Crippen LogP contribution in [0.5, 0.6) is 0 Å². The van der Waals surface area contributed by atoms with Crippen LogP contribution in [0.1, 0.15) is 42.7 Å². The molecule has 0 unspecified atom stereocenters. The van der Waals surface area contributed by atoms with Crippen molar-refractivity contribution in [2.45, 2.75) is 50.2 Å². The van der Waals surface area contributed by atoms with Crippen molar-refractivity contribution >= 4 is 46.6 Å². The number of hydrogen-bond acceptors (Lipinski definition) is 4. The van der Waals surface area contributed by atoms with Gasteiger partial charge in [-0.1, -0.05) is 36.0 Å². The number of nitrogens with zero attached hydrogens (tertiary/aromatic N) is 1. The van der Waals surface area contributed by atoms with E-state index in [0.717, 1.165) is 25.7 Å². The van der Waals surface area contributed by atoms with Crippen LogP contribution in [0.25, 0.3) is 0 Å². The normalized spacial score (nSPS) is 23.5. The van der Waals surface area contributed by atoms with Gasteiger partial charge in [-0.15, -0.1) is 0 Å². The second-order valence-electron chi connectivity index (χ2n) is 7.58. The zero-order valence-corrected chi connectivity index (χ0v) is 17.6. The molecule has 158 valence electrons. The predicted molar refractivity (Wildman–Crippen MR) is 113 cm³/mol. The molecular weight excluding hydrogens is 429 g/mol. The summed E-state index contributed by atoms with van der Waals surface area (Å²) in [5.74, 6) is -0.978. The summed E-state index contributed by atoms with van der Waals surface area (Å²) >= 11 is 12.0. The molecule has 3 atom stereocenters. The number of halogens is 2. The molecule has 2 aromatic rings. The fraction of sp³-hybridized carbons (Fsp3) is 0.381. The smallest absolute Gasteiger partial charge is 0.290 e. The summed E-state index contributed by atoms with van der Waals surface area (Å²) in [5, 5.41) is 6.47. The van der Waals surface area contributed by atoms with E-state index in [1.165, 1.54) is 11.2 Å². The van der Waals surface area contributed by atoms with Crippen LogP contribution in [-0.4, -0.2) is 40.7 Å². The third kappa shape index (κ3) is 4.32. The maximum absolute atomic E-state index is 13.2. The molecule has 1 aliphatic carbocycles. The van der Waals surface area contributed by atoms with E-state index in [2.05, 4.69) is 10.6 Å². The Hall–Kier alpha value is -2.51. The van der Waals surface area contributed by atoms with Gasteiger partial charge in [0, 0.05) is 21.8 Å². The zero-order valence-electron chi connectivity index (χ0n) is 16.1. The first kappa shape index (κ1) is 20.8. The lowest BCUT2D eigenvalue weighted by Gasteiger charge is -2.47. The van der Waals surface area contributed by atoms with Crippen LogP contribution >= 0.6 is 23.2 Å². The van der Waals surface area contributed by atoms with Gasteiger partial charge in [0.2, 0.25) is 11.8 Å². The summed E-state index contributed by atoms with van der Waals surface area (Å²) in [4.78, 5) is 40.3. The molecule has 7 nitrogen and oxygen atoms in total. The van der Waals surface area contributed by atoms with Gasteiger partial charge in [0.15, 0.2) is 5.76 Å². The average Bonchev–Trinajstić information content (AvgIpc) is 3.22. The maximum Gasteiger partial charge on any atom is 0.290 e. The van der Waals surface area contributed by atoms with Crippen LogP contribution in [0.4, 0.5) is 5.69 Å². The average molecular weight is 450 g/mol. The van der Waals surface area contributed by atoms with Crippen molar-refractivity contribution in [3.63, 3.8) is 0 Å². The van der Waals surface area contributed by atoms with Gasteiger partial charge in [-0.25, -0.2) is 0 Å². The quantitative estimate of drug-likeness (QED) is 0.740. The van der Waals surface area contributed by atoms with E-state index in [-0.39, 0.29) is 36.1 Å². The monoisotopic (exact) mass is 449 g/mol. The minimum Gasteiger partial charge on any atom is -0.459 e. The molecule has 1 saturated heterocycles. The first-order valence-electron chi connectivity index (χ1n) is 9.85. The van der Waals surface area contributed by atoms with Crippen molar-refractivity contribution < 1.29 is 18.8 Å². The summed E-state index contributed by atoms with van der Waals surface area (Å²) in [5.41, 5.74) is 0.424. The lowest BCUT2D eigenvalue weighted by Crippen LogP contribution is -2.68. The Bertz CT molecular complexity index is 943. The molecule has 0 spiro atoms. The number of benzene rings is 1. The molecule has 9 heteroatoms. The Morgan fingerprint density at radius 3 is 2.60 bits per heavy atom. The third-order valence-corrected chi connectivity index (χ3v) is 5.98. The van der Waals surface area contributed by atoms with E-state index in [1.807, 2.05) is 0 Å². The number of furan rings is 1. The van der Waals surface area contributed by atoms with Gasteiger partial charge >= 0.3 is 0 Å². The van der Waals surface area contributed by atoms with Gasteiger partial charge in [0.25, 0.3) is 5.91 Å². The van der Waals surface area contributed by atoms with Crippen LogP contribution in [0.2, 0.25) is 10.0 Å². The highest BCUT2D eigenvalue weighted by Crippen LogP contribution is 2.31. The number of anilines is 1. The molecule has 1 saturated carbocycles. The number of hydrogen-bond donors (Lipinski definition) is 2. The number of carbonyl (C=O) groups is 3. The van der Waals surface area contributed by atoms with E-state index in [0.29, 0.717) is 15.7 Å². The standard InChI is InChI=1S/C21H21Cl2N3O4/c22-12-8-13(23)10-14(9-12)24-19(27)11-17-20(28)25-15-4-1-2-5-16(15)26(17)21(29)18-6-3-7-30-18/h3,6-10,15-17H,1-2,4-5,11H2,(H,24,27)(H,25,28)/t15-,16-,17-/m1/s1. The van der Waals surface area contributed by atoms with Crippen molar-refractivity contribution in [2.75, 3.05) is 5.32 Å². The molecule has 1 aliphatic heterocycles. The maximum atomic E-state index is 13.2. The summed E-state index contributed by atoms with van der Waals surface area (Å²) in [6.07, 6.45) is 4.74. The first-order valence-corrected chi connectivity index (χ1v) is 10.6. The van der Waals surface area contributed by atoms with Gasteiger partial charge in [-0.2, -0.15) is 0 Å². The number of piperazine rings is 1. The van der Waals surface area contributed by atoms with Crippen LogP contribution in [0.3, 0.4) is 0 Å². The van der Waals surface area contributed by atoms with Crippen molar-refractivity contribution in [2.24, 2.45) is 0 Å². The molecule has 0 radical (unpaired) electrons. The summed E-state index contributed by atoms with van der Waals surface area (Å²) in [7, 11) is 0. The Kier molecular flexibility index (Phi) is 6.01. The van der Waals surface area contributed by atoms with E-state index < -0.39 is 11.9 Å². The van der Waals surface area contributed by atoms with Crippen molar-refractivity contribution in [3.05, 3.63) is 52.4 Å². The fourth-order valence-electron chi connectivity index (χ4n) is 4.27. The van der Waals surface area contributed by atoms with Crippen molar-refractivity contribution in [1.29, 1.82) is 0 Å². The lowest BCUT2D eigenvalue weighted by molar-refractivity contribution is -0.135.